The third kappa shape index (κ3) is 5.15. The van der Waals surface area contributed by atoms with Gasteiger partial charge in [0.2, 0.25) is 0 Å². The fourth-order valence-electron chi connectivity index (χ4n) is 1.12. The van der Waals surface area contributed by atoms with Crippen LogP contribution in [0.2, 0.25) is 0 Å². The van der Waals surface area contributed by atoms with Crippen LogP contribution in [0.4, 0.5) is 0 Å². The summed E-state index contributed by atoms with van der Waals surface area (Å²) in [6, 6.07) is 2.51. The van der Waals surface area contributed by atoms with Crippen molar-refractivity contribution in [3.8, 4) is 0 Å². The molecule has 1 heterocycles. The molecule has 1 aromatic rings. The predicted molar refractivity (Wildman–Crippen MR) is 69.5 cm³/mol. The number of aromatic nitrogens is 1. The van der Waals surface area contributed by atoms with Crippen LogP contribution in [-0.2, 0) is 4.79 Å². The number of hydrogen-bond donors (Lipinski definition) is 3. The van der Waals surface area contributed by atoms with E-state index in [0.717, 1.165) is 0 Å². The smallest absolute Gasteiger partial charge is 0.321 e. The minimum absolute atomic E-state index is 0.189. The van der Waals surface area contributed by atoms with E-state index in [2.05, 4.69) is 10.3 Å². The second kappa shape index (κ2) is 7.67. The first kappa shape index (κ1) is 14.5. The molecule has 0 aliphatic carbocycles. The second-order valence-corrected chi connectivity index (χ2v) is 4.67. The lowest BCUT2D eigenvalue weighted by Gasteiger charge is -2.07. The van der Waals surface area contributed by atoms with Crippen molar-refractivity contribution in [1.82, 2.24) is 10.3 Å². The number of rotatable bonds is 7. The molecule has 1 rings (SSSR count). The number of carboxylic acids is 1. The Kier molecular flexibility index (Phi) is 6.16. The third-order valence-corrected chi connectivity index (χ3v) is 3.16. The largest absolute Gasteiger partial charge is 0.480 e. The van der Waals surface area contributed by atoms with E-state index in [1.807, 2.05) is 0 Å². The van der Waals surface area contributed by atoms with Gasteiger partial charge in [-0.3, -0.25) is 14.6 Å². The fourth-order valence-corrected chi connectivity index (χ4v) is 1.93. The Hall–Kier alpha value is -1.60. The molecule has 6 nitrogen and oxygen atoms in total. The van der Waals surface area contributed by atoms with Crippen LogP contribution in [0.3, 0.4) is 0 Å². The summed E-state index contributed by atoms with van der Waals surface area (Å²) >= 11 is 1.39. The summed E-state index contributed by atoms with van der Waals surface area (Å²) in [5.74, 6) is -0.251. The molecule has 7 heteroatoms. The molecular formula is C11H15N3O3S. The minimum atomic E-state index is -1.01. The number of aliphatic carboxylic acids is 1. The van der Waals surface area contributed by atoms with Crippen molar-refractivity contribution < 1.29 is 14.7 Å². The first-order chi connectivity index (χ1) is 8.61. The molecular weight excluding hydrogens is 254 g/mol. The molecule has 4 N–H and O–H groups in total. The summed E-state index contributed by atoms with van der Waals surface area (Å²) in [6.45, 7) is 0.463. The van der Waals surface area contributed by atoms with Crippen LogP contribution in [0.5, 0.6) is 0 Å². The van der Waals surface area contributed by atoms with Gasteiger partial charge in [0.1, 0.15) is 6.04 Å². The van der Waals surface area contributed by atoms with E-state index in [-0.39, 0.29) is 5.91 Å². The summed E-state index contributed by atoms with van der Waals surface area (Å²) < 4.78 is 0. The quantitative estimate of drug-likeness (QED) is 0.600. The number of thioether (sulfide) groups is 1. The number of carbonyl (C=O) groups excluding carboxylic acids is 1. The van der Waals surface area contributed by atoms with Gasteiger partial charge >= 0.3 is 5.97 Å². The molecule has 1 aromatic heterocycles. The van der Waals surface area contributed by atoms with Gasteiger partial charge in [-0.15, -0.1) is 0 Å². The zero-order chi connectivity index (χ0) is 13.4. The number of nitrogens with one attached hydrogen (secondary N) is 1. The Balaban J connectivity index is 2.15. The summed E-state index contributed by atoms with van der Waals surface area (Å²) in [6.07, 6.45) is 3.09. The van der Waals surface area contributed by atoms with Crippen molar-refractivity contribution in [2.24, 2.45) is 5.73 Å². The van der Waals surface area contributed by atoms with Gasteiger partial charge in [0.15, 0.2) is 0 Å². The highest BCUT2D eigenvalue weighted by Gasteiger charge is 2.10. The van der Waals surface area contributed by atoms with Gasteiger partial charge in [-0.2, -0.15) is 11.8 Å². The molecule has 0 fully saturated rings. The molecule has 0 aliphatic heterocycles. The molecule has 0 aliphatic rings. The monoisotopic (exact) mass is 269 g/mol. The Morgan fingerprint density at radius 3 is 2.94 bits per heavy atom. The second-order valence-electron chi connectivity index (χ2n) is 3.52. The van der Waals surface area contributed by atoms with E-state index in [1.165, 1.54) is 18.0 Å². The normalized spacial score (nSPS) is 11.8. The number of carboxylic acid groups (broad SMARTS) is 1. The molecule has 0 aromatic carbocycles. The van der Waals surface area contributed by atoms with Gasteiger partial charge < -0.3 is 16.2 Å². The first-order valence-corrected chi connectivity index (χ1v) is 6.51. The number of nitrogens with zero attached hydrogens (tertiary/aromatic N) is 1. The van der Waals surface area contributed by atoms with Gasteiger partial charge in [-0.25, -0.2) is 0 Å². The maximum Gasteiger partial charge on any atom is 0.321 e. The van der Waals surface area contributed by atoms with Crippen molar-refractivity contribution in [3.05, 3.63) is 30.1 Å². The molecule has 1 atom stereocenters. The Morgan fingerprint density at radius 1 is 1.56 bits per heavy atom. The predicted octanol–water partition coefficient (Wildman–Crippen LogP) is -0.0435. The molecule has 0 radical (unpaired) electrons. The van der Waals surface area contributed by atoms with Crippen LogP contribution in [0, 0.1) is 0 Å². The summed E-state index contributed by atoms with van der Waals surface area (Å²) in [7, 11) is 0. The van der Waals surface area contributed by atoms with Crippen molar-refractivity contribution in [2.75, 3.05) is 18.1 Å². The Bertz CT molecular complexity index is 400. The van der Waals surface area contributed by atoms with Gasteiger partial charge in [0.05, 0.1) is 5.56 Å². The highest BCUT2D eigenvalue weighted by molar-refractivity contribution is 7.99. The SMILES string of the molecule is N[C@@H](CSCCNC(=O)c1cccnc1)C(=O)O. The number of carbonyl (C=O) groups is 2. The van der Waals surface area contributed by atoms with E-state index < -0.39 is 12.0 Å². The molecule has 0 spiro atoms. The lowest BCUT2D eigenvalue weighted by Crippen LogP contribution is -2.33. The Labute approximate surface area is 109 Å². The molecule has 0 saturated carbocycles. The summed E-state index contributed by atoms with van der Waals surface area (Å²) in [5.41, 5.74) is 5.84. The minimum Gasteiger partial charge on any atom is -0.480 e. The van der Waals surface area contributed by atoms with Crippen LogP contribution in [0.15, 0.2) is 24.5 Å². The zero-order valence-electron chi connectivity index (χ0n) is 9.70. The number of amides is 1. The standard InChI is InChI=1S/C11H15N3O3S/c12-9(11(16)17)7-18-5-4-14-10(15)8-2-1-3-13-6-8/h1-3,6,9H,4-5,7,12H2,(H,14,15)(H,16,17)/t9-/m0/s1. The molecule has 98 valence electrons. The molecule has 1 amide bonds. The first-order valence-electron chi connectivity index (χ1n) is 5.35. The van der Waals surface area contributed by atoms with Crippen LogP contribution >= 0.6 is 11.8 Å². The zero-order valence-corrected chi connectivity index (χ0v) is 10.5. The van der Waals surface area contributed by atoms with Gasteiger partial charge in [0.25, 0.3) is 5.91 Å². The lowest BCUT2D eigenvalue weighted by atomic mass is 10.3. The topological polar surface area (TPSA) is 105 Å². The lowest BCUT2D eigenvalue weighted by molar-refractivity contribution is -0.137. The molecule has 0 bridgehead atoms. The van der Waals surface area contributed by atoms with Crippen molar-refractivity contribution in [1.29, 1.82) is 0 Å². The summed E-state index contributed by atoms with van der Waals surface area (Å²) in [5, 5.41) is 11.3. The van der Waals surface area contributed by atoms with Crippen molar-refractivity contribution in [2.45, 2.75) is 6.04 Å². The molecule has 0 unspecified atom stereocenters. The van der Waals surface area contributed by atoms with Gasteiger partial charge in [0, 0.05) is 30.4 Å². The van der Waals surface area contributed by atoms with E-state index >= 15 is 0 Å². The number of pyridine rings is 1. The maximum atomic E-state index is 11.6. The average Bonchev–Trinajstić information content (AvgIpc) is 2.38. The highest BCUT2D eigenvalue weighted by Crippen LogP contribution is 2.01. The van der Waals surface area contributed by atoms with E-state index in [9.17, 15) is 9.59 Å². The van der Waals surface area contributed by atoms with E-state index in [1.54, 1.807) is 18.3 Å². The fraction of sp³-hybridized carbons (Fsp3) is 0.364. The van der Waals surface area contributed by atoms with E-state index in [0.29, 0.717) is 23.6 Å². The van der Waals surface area contributed by atoms with E-state index in [4.69, 9.17) is 10.8 Å². The summed E-state index contributed by atoms with van der Waals surface area (Å²) in [4.78, 5) is 25.9. The Morgan fingerprint density at radius 2 is 2.33 bits per heavy atom. The van der Waals surface area contributed by atoms with Crippen LogP contribution in [0.1, 0.15) is 10.4 Å². The van der Waals surface area contributed by atoms with Crippen molar-refractivity contribution >= 4 is 23.6 Å². The highest BCUT2D eigenvalue weighted by atomic mass is 32.2. The molecule has 18 heavy (non-hydrogen) atoms. The molecule has 0 saturated heterocycles. The van der Waals surface area contributed by atoms with Crippen molar-refractivity contribution in [3.63, 3.8) is 0 Å². The van der Waals surface area contributed by atoms with Crippen LogP contribution in [-0.4, -0.2) is 46.1 Å². The van der Waals surface area contributed by atoms with Gasteiger partial charge in [-0.1, -0.05) is 0 Å². The van der Waals surface area contributed by atoms with Crippen LogP contribution in [0.25, 0.3) is 0 Å². The van der Waals surface area contributed by atoms with Crippen LogP contribution < -0.4 is 11.1 Å². The number of hydrogen-bond acceptors (Lipinski definition) is 5. The average molecular weight is 269 g/mol. The van der Waals surface area contributed by atoms with Gasteiger partial charge in [-0.05, 0) is 12.1 Å². The number of nitrogens with two attached hydrogens (primary N) is 1. The third-order valence-electron chi connectivity index (χ3n) is 2.07. The maximum absolute atomic E-state index is 11.6.